The maximum Gasteiger partial charge on any atom is 0.232 e. The molecule has 0 spiro atoms. The van der Waals surface area contributed by atoms with E-state index >= 15 is 0 Å². The zero-order valence-corrected chi connectivity index (χ0v) is 18.8. The smallest absolute Gasteiger partial charge is 0.232 e. The summed E-state index contributed by atoms with van der Waals surface area (Å²) in [7, 11) is 0. The average Bonchev–Trinajstić information content (AvgIpc) is 3.38. The lowest BCUT2D eigenvalue weighted by Gasteiger charge is -2.03. The Morgan fingerprint density at radius 1 is 0.968 bits per heavy atom. The number of carbonyl (C=O) groups excluding carboxylic acids is 2. The maximum atomic E-state index is 12.4. The fourth-order valence-electron chi connectivity index (χ4n) is 2.87. The highest BCUT2D eigenvalue weighted by atomic mass is 35.5. The SMILES string of the molecule is CC(=O)Nc1ccc(-c2csc(NC(=O)Cc3csc(-c4ccccc4Cl)n3)n2)cc1. The maximum absolute atomic E-state index is 12.4. The van der Waals surface area contributed by atoms with Gasteiger partial charge in [0, 0.05) is 34.5 Å². The molecule has 0 saturated heterocycles. The third-order valence-electron chi connectivity index (χ3n) is 4.25. The first-order chi connectivity index (χ1) is 15.0. The van der Waals surface area contributed by atoms with Crippen molar-refractivity contribution in [2.24, 2.45) is 0 Å². The largest absolute Gasteiger partial charge is 0.326 e. The highest BCUT2D eigenvalue weighted by Crippen LogP contribution is 2.30. The molecule has 0 bridgehead atoms. The van der Waals surface area contributed by atoms with Gasteiger partial charge in [0.05, 0.1) is 22.8 Å². The Morgan fingerprint density at radius 3 is 2.48 bits per heavy atom. The Kier molecular flexibility index (Phi) is 6.41. The number of nitrogens with zero attached hydrogens (tertiary/aromatic N) is 2. The van der Waals surface area contributed by atoms with Crippen molar-refractivity contribution in [1.82, 2.24) is 9.97 Å². The van der Waals surface area contributed by atoms with Gasteiger partial charge in [-0.15, -0.1) is 22.7 Å². The minimum Gasteiger partial charge on any atom is -0.326 e. The normalized spacial score (nSPS) is 10.6. The van der Waals surface area contributed by atoms with Gasteiger partial charge in [0.2, 0.25) is 11.8 Å². The summed E-state index contributed by atoms with van der Waals surface area (Å²) in [6, 6.07) is 14.9. The van der Waals surface area contributed by atoms with E-state index in [9.17, 15) is 9.59 Å². The van der Waals surface area contributed by atoms with Crippen molar-refractivity contribution < 1.29 is 9.59 Å². The van der Waals surface area contributed by atoms with Gasteiger partial charge in [-0.05, 0) is 18.2 Å². The Hall–Kier alpha value is -3.07. The molecule has 0 aliphatic heterocycles. The van der Waals surface area contributed by atoms with E-state index in [1.165, 1.54) is 29.6 Å². The second kappa shape index (κ2) is 9.38. The molecular formula is C22H17ClN4O2S2. The predicted octanol–water partition coefficient (Wildman–Crippen LogP) is 5.73. The van der Waals surface area contributed by atoms with E-state index in [4.69, 9.17) is 11.6 Å². The quantitative estimate of drug-likeness (QED) is 0.378. The van der Waals surface area contributed by atoms with Gasteiger partial charge in [0.1, 0.15) is 5.01 Å². The minimum absolute atomic E-state index is 0.120. The zero-order chi connectivity index (χ0) is 21.8. The summed E-state index contributed by atoms with van der Waals surface area (Å²) in [6.45, 7) is 1.46. The van der Waals surface area contributed by atoms with E-state index in [0.717, 1.165) is 27.5 Å². The average molecular weight is 469 g/mol. The van der Waals surface area contributed by atoms with Crippen LogP contribution in [0.15, 0.2) is 59.3 Å². The van der Waals surface area contributed by atoms with Crippen LogP contribution in [0.5, 0.6) is 0 Å². The molecule has 0 aliphatic carbocycles. The standard InChI is InChI=1S/C22H17ClN4O2S2/c1-13(28)24-15-8-6-14(7-9-15)19-12-31-22(26-19)27-20(29)10-16-11-30-21(25-16)17-4-2-3-5-18(17)23/h2-9,11-12H,10H2,1H3,(H,24,28)(H,26,27,29). The molecule has 0 atom stereocenters. The summed E-state index contributed by atoms with van der Waals surface area (Å²) in [5.41, 5.74) is 3.91. The van der Waals surface area contributed by atoms with E-state index in [1.807, 2.05) is 59.3 Å². The molecule has 2 N–H and O–H groups in total. The number of hydrogen-bond donors (Lipinski definition) is 2. The number of amides is 2. The fourth-order valence-corrected chi connectivity index (χ4v) is 4.74. The highest BCUT2D eigenvalue weighted by molar-refractivity contribution is 7.14. The number of hydrogen-bond acceptors (Lipinski definition) is 6. The molecule has 31 heavy (non-hydrogen) atoms. The molecule has 0 radical (unpaired) electrons. The topological polar surface area (TPSA) is 84.0 Å². The molecule has 2 aromatic carbocycles. The van der Waals surface area contributed by atoms with Crippen LogP contribution in [0.2, 0.25) is 5.02 Å². The molecule has 2 heterocycles. The van der Waals surface area contributed by atoms with Gasteiger partial charge in [0.25, 0.3) is 0 Å². The van der Waals surface area contributed by atoms with Crippen molar-refractivity contribution in [1.29, 1.82) is 0 Å². The van der Waals surface area contributed by atoms with Crippen LogP contribution in [0.3, 0.4) is 0 Å². The molecule has 0 unspecified atom stereocenters. The van der Waals surface area contributed by atoms with Crippen LogP contribution in [0, 0.1) is 0 Å². The first-order valence-electron chi connectivity index (χ1n) is 9.30. The molecule has 0 saturated carbocycles. The molecule has 156 valence electrons. The summed E-state index contributed by atoms with van der Waals surface area (Å²) in [5, 5.41) is 11.2. The van der Waals surface area contributed by atoms with E-state index in [2.05, 4.69) is 20.6 Å². The van der Waals surface area contributed by atoms with Crippen LogP contribution < -0.4 is 10.6 Å². The van der Waals surface area contributed by atoms with Crippen LogP contribution in [0.4, 0.5) is 10.8 Å². The zero-order valence-electron chi connectivity index (χ0n) is 16.4. The Balaban J connectivity index is 1.38. The van der Waals surface area contributed by atoms with Crippen molar-refractivity contribution >= 4 is 56.9 Å². The van der Waals surface area contributed by atoms with Crippen LogP contribution in [0.25, 0.3) is 21.8 Å². The predicted molar refractivity (Wildman–Crippen MR) is 127 cm³/mol. The third kappa shape index (κ3) is 5.35. The molecule has 0 aliphatic rings. The lowest BCUT2D eigenvalue weighted by molar-refractivity contribution is -0.116. The van der Waals surface area contributed by atoms with Gasteiger partial charge in [-0.3, -0.25) is 9.59 Å². The van der Waals surface area contributed by atoms with Gasteiger partial charge >= 0.3 is 0 Å². The molecular weight excluding hydrogens is 452 g/mol. The first-order valence-corrected chi connectivity index (χ1v) is 11.4. The second-order valence-corrected chi connectivity index (χ2v) is 8.77. The van der Waals surface area contributed by atoms with E-state index in [1.54, 1.807) is 0 Å². The Morgan fingerprint density at radius 2 is 1.74 bits per heavy atom. The van der Waals surface area contributed by atoms with E-state index in [0.29, 0.717) is 15.8 Å². The van der Waals surface area contributed by atoms with Gasteiger partial charge in [-0.1, -0.05) is 41.9 Å². The summed E-state index contributed by atoms with van der Waals surface area (Å²) in [6.07, 6.45) is 0.154. The van der Waals surface area contributed by atoms with Crippen LogP contribution in [-0.4, -0.2) is 21.8 Å². The number of benzene rings is 2. The summed E-state index contributed by atoms with van der Waals surface area (Å²) >= 11 is 9.04. The Labute approximate surface area is 192 Å². The third-order valence-corrected chi connectivity index (χ3v) is 6.26. The fraction of sp³-hybridized carbons (Fsp3) is 0.0909. The monoisotopic (exact) mass is 468 g/mol. The van der Waals surface area contributed by atoms with E-state index < -0.39 is 0 Å². The van der Waals surface area contributed by atoms with Crippen molar-refractivity contribution in [3.05, 3.63) is 70.0 Å². The Bertz CT molecular complexity index is 1230. The van der Waals surface area contributed by atoms with Gasteiger partial charge in [-0.2, -0.15) is 0 Å². The molecule has 2 amide bonds. The number of aromatic nitrogens is 2. The lowest BCUT2D eigenvalue weighted by Crippen LogP contribution is -2.14. The van der Waals surface area contributed by atoms with Crippen LogP contribution >= 0.6 is 34.3 Å². The molecule has 4 rings (SSSR count). The number of thiazole rings is 2. The summed E-state index contributed by atoms with van der Waals surface area (Å²) in [5.74, 6) is -0.302. The number of carbonyl (C=O) groups is 2. The van der Waals surface area contributed by atoms with Gasteiger partial charge in [0.15, 0.2) is 5.13 Å². The molecule has 4 aromatic rings. The summed E-state index contributed by atoms with van der Waals surface area (Å²) in [4.78, 5) is 32.6. The van der Waals surface area contributed by atoms with Gasteiger partial charge < -0.3 is 10.6 Å². The lowest BCUT2D eigenvalue weighted by atomic mass is 10.1. The van der Waals surface area contributed by atoms with Gasteiger partial charge in [-0.25, -0.2) is 9.97 Å². The van der Waals surface area contributed by atoms with Crippen molar-refractivity contribution in [2.45, 2.75) is 13.3 Å². The molecule has 6 nitrogen and oxygen atoms in total. The van der Waals surface area contributed by atoms with Crippen LogP contribution in [-0.2, 0) is 16.0 Å². The minimum atomic E-state index is -0.182. The molecule has 0 fully saturated rings. The van der Waals surface area contributed by atoms with Crippen LogP contribution in [0.1, 0.15) is 12.6 Å². The van der Waals surface area contributed by atoms with Crippen molar-refractivity contribution in [3.63, 3.8) is 0 Å². The summed E-state index contributed by atoms with van der Waals surface area (Å²) < 4.78 is 0. The first kappa shape index (κ1) is 21.2. The number of nitrogens with one attached hydrogen (secondary N) is 2. The van der Waals surface area contributed by atoms with E-state index in [-0.39, 0.29) is 18.2 Å². The second-order valence-electron chi connectivity index (χ2n) is 6.65. The number of anilines is 2. The highest BCUT2D eigenvalue weighted by Gasteiger charge is 2.13. The molecule has 9 heteroatoms. The number of rotatable bonds is 6. The molecule has 2 aromatic heterocycles. The van der Waals surface area contributed by atoms with Crippen molar-refractivity contribution in [2.75, 3.05) is 10.6 Å². The number of halogens is 1. The van der Waals surface area contributed by atoms with Crippen molar-refractivity contribution in [3.8, 4) is 21.8 Å².